The number of amides is 1. The normalized spacial score (nSPS) is 13.7. The van der Waals surface area contributed by atoms with Gasteiger partial charge in [-0.05, 0) is 39.0 Å². The predicted octanol–water partition coefficient (Wildman–Crippen LogP) is 3.45. The van der Waals surface area contributed by atoms with Crippen LogP contribution in [0.4, 0.5) is 5.82 Å². The molecule has 8 heteroatoms. The van der Waals surface area contributed by atoms with Gasteiger partial charge in [0, 0.05) is 18.1 Å². The number of rotatable bonds is 7. The van der Waals surface area contributed by atoms with Gasteiger partial charge in [-0.3, -0.25) is 4.79 Å². The van der Waals surface area contributed by atoms with Crippen molar-refractivity contribution in [2.24, 2.45) is 0 Å². The Morgan fingerprint density at radius 2 is 1.91 bits per heavy atom. The molecule has 1 aliphatic heterocycles. The van der Waals surface area contributed by atoms with Crippen LogP contribution in [0.3, 0.4) is 0 Å². The standard InChI is InChI=1S/C24H25N3O5/c1-16-12-20(27(26-16)18-9-5-4-6-10-18)25-21(28)14-31-22(29)15-30-19-11-7-8-17-13-24(2,3)32-23(17)19/h4-12H,13-15H2,1-3H3,(H,25,28). The van der Waals surface area contributed by atoms with Gasteiger partial charge in [0.25, 0.3) is 5.91 Å². The molecule has 0 fully saturated rings. The molecule has 0 atom stereocenters. The Morgan fingerprint density at radius 3 is 2.69 bits per heavy atom. The van der Waals surface area contributed by atoms with Gasteiger partial charge in [-0.25, -0.2) is 9.48 Å². The summed E-state index contributed by atoms with van der Waals surface area (Å²) >= 11 is 0. The van der Waals surface area contributed by atoms with Crippen molar-refractivity contribution in [1.82, 2.24) is 9.78 Å². The lowest BCUT2D eigenvalue weighted by Crippen LogP contribution is -2.25. The van der Waals surface area contributed by atoms with Crippen LogP contribution in [-0.4, -0.2) is 40.5 Å². The monoisotopic (exact) mass is 435 g/mol. The van der Waals surface area contributed by atoms with Gasteiger partial charge in [0.2, 0.25) is 0 Å². The van der Waals surface area contributed by atoms with E-state index in [-0.39, 0.29) is 12.2 Å². The van der Waals surface area contributed by atoms with Gasteiger partial charge >= 0.3 is 5.97 Å². The zero-order valence-corrected chi connectivity index (χ0v) is 18.3. The Balaban J connectivity index is 1.30. The summed E-state index contributed by atoms with van der Waals surface area (Å²) in [6.07, 6.45) is 0.767. The number of esters is 1. The minimum atomic E-state index is -0.650. The Hall–Kier alpha value is -3.81. The maximum absolute atomic E-state index is 12.3. The second-order valence-electron chi connectivity index (χ2n) is 8.20. The SMILES string of the molecule is Cc1cc(NC(=O)COC(=O)COc2cccc3c2OC(C)(C)C3)n(-c2ccccc2)n1. The summed E-state index contributed by atoms with van der Waals surface area (Å²) in [5, 5.41) is 7.12. The van der Waals surface area contributed by atoms with Crippen molar-refractivity contribution in [3.05, 3.63) is 65.9 Å². The van der Waals surface area contributed by atoms with Crippen molar-refractivity contribution in [3.63, 3.8) is 0 Å². The summed E-state index contributed by atoms with van der Waals surface area (Å²) < 4.78 is 18.2. The van der Waals surface area contributed by atoms with Crippen LogP contribution < -0.4 is 14.8 Å². The highest BCUT2D eigenvalue weighted by Crippen LogP contribution is 2.41. The number of para-hydroxylation sites is 2. The van der Waals surface area contributed by atoms with Gasteiger partial charge in [-0.15, -0.1) is 0 Å². The quantitative estimate of drug-likeness (QED) is 0.572. The number of fused-ring (bicyclic) bond motifs is 1. The Morgan fingerprint density at radius 1 is 1.12 bits per heavy atom. The van der Waals surface area contributed by atoms with Crippen LogP contribution in [0.25, 0.3) is 5.69 Å². The maximum Gasteiger partial charge on any atom is 0.344 e. The largest absolute Gasteiger partial charge is 0.483 e. The van der Waals surface area contributed by atoms with E-state index in [0.29, 0.717) is 17.3 Å². The molecule has 1 aromatic heterocycles. The highest BCUT2D eigenvalue weighted by molar-refractivity contribution is 5.92. The summed E-state index contributed by atoms with van der Waals surface area (Å²) in [6.45, 7) is 5.06. The third-order valence-corrected chi connectivity index (χ3v) is 4.86. The summed E-state index contributed by atoms with van der Waals surface area (Å²) in [6, 6.07) is 16.7. The molecule has 8 nitrogen and oxygen atoms in total. The number of hydrogen-bond donors (Lipinski definition) is 1. The number of benzene rings is 2. The Kier molecular flexibility index (Phi) is 5.85. The minimum absolute atomic E-state index is 0.314. The molecule has 2 aromatic carbocycles. The van der Waals surface area contributed by atoms with Crippen LogP contribution in [0.1, 0.15) is 25.1 Å². The van der Waals surface area contributed by atoms with Gasteiger partial charge in [0.1, 0.15) is 11.4 Å². The molecule has 2 heterocycles. The lowest BCUT2D eigenvalue weighted by Gasteiger charge is -2.18. The van der Waals surface area contributed by atoms with E-state index in [2.05, 4.69) is 10.4 Å². The van der Waals surface area contributed by atoms with E-state index >= 15 is 0 Å². The number of nitrogens with zero attached hydrogens (tertiary/aromatic N) is 2. The second kappa shape index (κ2) is 8.74. The summed E-state index contributed by atoms with van der Waals surface area (Å²) in [5.74, 6) is 0.499. The molecule has 0 bridgehead atoms. The molecule has 1 aliphatic rings. The van der Waals surface area contributed by atoms with Crippen molar-refractivity contribution >= 4 is 17.7 Å². The average Bonchev–Trinajstić information content (AvgIpc) is 3.28. The molecule has 1 N–H and O–H groups in total. The lowest BCUT2D eigenvalue weighted by atomic mass is 10.0. The van der Waals surface area contributed by atoms with Gasteiger partial charge in [-0.2, -0.15) is 5.10 Å². The van der Waals surface area contributed by atoms with E-state index in [1.54, 1.807) is 16.8 Å². The van der Waals surface area contributed by atoms with E-state index in [4.69, 9.17) is 14.2 Å². The molecule has 32 heavy (non-hydrogen) atoms. The topological polar surface area (TPSA) is 91.7 Å². The van der Waals surface area contributed by atoms with Gasteiger partial charge < -0.3 is 19.5 Å². The third kappa shape index (κ3) is 4.91. The predicted molar refractivity (Wildman–Crippen MR) is 118 cm³/mol. The van der Waals surface area contributed by atoms with Crippen LogP contribution in [0.5, 0.6) is 11.5 Å². The molecule has 3 aromatic rings. The van der Waals surface area contributed by atoms with Gasteiger partial charge in [0.05, 0.1) is 11.4 Å². The first-order valence-electron chi connectivity index (χ1n) is 10.3. The smallest absolute Gasteiger partial charge is 0.344 e. The molecule has 0 radical (unpaired) electrons. The van der Waals surface area contributed by atoms with Crippen LogP contribution in [0.2, 0.25) is 0 Å². The zero-order valence-electron chi connectivity index (χ0n) is 18.3. The van der Waals surface area contributed by atoms with E-state index in [9.17, 15) is 9.59 Å². The van der Waals surface area contributed by atoms with Crippen LogP contribution >= 0.6 is 0 Å². The number of aryl methyl sites for hydroxylation is 1. The summed E-state index contributed by atoms with van der Waals surface area (Å²) in [7, 11) is 0. The summed E-state index contributed by atoms with van der Waals surface area (Å²) in [5.41, 5.74) is 2.27. The first-order chi connectivity index (χ1) is 15.3. The van der Waals surface area contributed by atoms with E-state index in [1.165, 1.54) is 0 Å². The van der Waals surface area contributed by atoms with Crippen molar-refractivity contribution in [1.29, 1.82) is 0 Å². The number of hydrogen-bond acceptors (Lipinski definition) is 6. The number of nitrogens with one attached hydrogen (secondary N) is 1. The Bertz CT molecular complexity index is 1140. The van der Waals surface area contributed by atoms with E-state index in [1.807, 2.05) is 63.2 Å². The third-order valence-electron chi connectivity index (χ3n) is 4.86. The van der Waals surface area contributed by atoms with Crippen LogP contribution in [-0.2, 0) is 20.7 Å². The maximum atomic E-state index is 12.3. The van der Waals surface area contributed by atoms with Crippen molar-refractivity contribution in [2.75, 3.05) is 18.5 Å². The number of anilines is 1. The van der Waals surface area contributed by atoms with Crippen molar-refractivity contribution in [2.45, 2.75) is 32.8 Å². The molecule has 4 rings (SSSR count). The highest BCUT2D eigenvalue weighted by Gasteiger charge is 2.32. The molecule has 0 saturated carbocycles. The first kappa shape index (κ1) is 21.4. The number of ether oxygens (including phenoxy) is 3. The van der Waals surface area contributed by atoms with E-state index in [0.717, 1.165) is 23.4 Å². The van der Waals surface area contributed by atoms with Crippen LogP contribution in [0, 0.1) is 6.92 Å². The van der Waals surface area contributed by atoms with Crippen LogP contribution in [0.15, 0.2) is 54.6 Å². The molecule has 0 saturated heterocycles. The van der Waals surface area contributed by atoms with E-state index < -0.39 is 18.5 Å². The zero-order chi connectivity index (χ0) is 22.7. The molecular weight excluding hydrogens is 410 g/mol. The molecule has 0 unspecified atom stereocenters. The molecule has 1 amide bonds. The highest BCUT2D eigenvalue weighted by atomic mass is 16.6. The fraction of sp³-hybridized carbons (Fsp3) is 0.292. The number of aromatic nitrogens is 2. The fourth-order valence-corrected chi connectivity index (χ4v) is 3.56. The minimum Gasteiger partial charge on any atom is -0.483 e. The Labute approximate surface area is 186 Å². The van der Waals surface area contributed by atoms with Gasteiger partial charge in [-0.1, -0.05) is 30.3 Å². The van der Waals surface area contributed by atoms with Crippen molar-refractivity contribution < 1.29 is 23.8 Å². The van der Waals surface area contributed by atoms with Crippen molar-refractivity contribution in [3.8, 4) is 17.2 Å². The molecule has 166 valence electrons. The second-order valence-corrected chi connectivity index (χ2v) is 8.20. The molecular formula is C24H25N3O5. The molecule has 0 spiro atoms. The van der Waals surface area contributed by atoms with Gasteiger partial charge in [0.15, 0.2) is 24.7 Å². The number of carbonyl (C=O) groups is 2. The number of carbonyl (C=O) groups excluding carboxylic acids is 2. The first-order valence-corrected chi connectivity index (χ1v) is 10.3. The fourth-order valence-electron chi connectivity index (χ4n) is 3.56. The average molecular weight is 435 g/mol. The molecule has 0 aliphatic carbocycles. The summed E-state index contributed by atoms with van der Waals surface area (Å²) in [4.78, 5) is 24.4. The lowest BCUT2D eigenvalue weighted by molar-refractivity contribution is -0.149.